The molecule has 1 aromatic carbocycles. The van der Waals surface area contributed by atoms with E-state index >= 15 is 0 Å². The lowest BCUT2D eigenvalue weighted by Crippen LogP contribution is -2.28. The minimum absolute atomic E-state index is 0.0223. The van der Waals surface area contributed by atoms with Gasteiger partial charge in [0.15, 0.2) is 0 Å². The van der Waals surface area contributed by atoms with Crippen LogP contribution in [0.15, 0.2) is 36.8 Å². The van der Waals surface area contributed by atoms with Crippen LogP contribution in [-0.2, 0) is 17.8 Å². The average molecular weight is 288 g/mol. The normalized spacial score (nSPS) is 10.1. The van der Waals surface area contributed by atoms with Crippen LogP contribution in [0.3, 0.4) is 0 Å². The van der Waals surface area contributed by atoms with Crippen LogP contribution in [0.25, 0.3) is 0 Å². The molecule has 2 aromatic rings. The Labute approximate surface area is 121 Å². The first-order chi connectivity index (χ1) is 10.1. The van der Waals surface area contributed by atoms with E-state index in [2.05, 4.69) is 20.6 Å². The third kappa shape index (κ3) is 4.64. The van der Waals surface area contributed by atoms with Crippen LogP contribution in [0, 0.1) is 0 Å². The van der Waals surface area contributed by atoms with Crippen molar-refractivity contribution in [3.63, 3.8) is 0 Å². The molecule has 1 aromatic heterocycles. The number of para-hydroxylation sites is 1. The van der Waals surface area contributed by atoms with Gasteiger partial charge in [-0.1, -0.05) is 18.2 Å². The number of carbonyl (C=O) groups is 2. The molecule has 0 saturated heterocycles. The molecule has 0 aliphatic heterocycles. The molecular weight excluding hydrogens is 272 g/mol. The molecule has 7 nitrogen and oxygen atoms in total. The third-order valence-electron chi connectivity index (χ3n) is 2.87. The summed E-state index contributed by atoms with van der Waals surface area (Å²) >= 11 is 0. The first kappa shape index (κ1) is 14.6. The fourth-order valence-electron chi connectivity index (χ4n) is 1.83. The molecule has 21 heavy (non-hydrogen) atoms. The van der Waals surface area contributed by atoms with Gasteiger partial charge in [0, 0.05) is 18.3 Å². The third-order valence-corrected chi connectivity index (χ3v) is 2.87. The maximum Gasteiger partial charge on any atom is 0.319 e. The lowest BCUT2D eigenvalue weighted by molar-refractivity contribution is -0.136. The lowest BCUT2D eigenvalue weighted by Gasteiger charge is -2.11. The highest BCUT2D eigenvalue weighted by Gasteiger charge is 2.08. The second-order valence-electron chi connectivity index (χ2n) is 4.44. The highest BCUT2D eigenvalue weighted by Crippen LogP contribution is 2.16. The Hall–Kier alpha value is -2.83. The number of nitrogens with one attached hydrogen (secondary N) is 3. The van der Waals surface area contributed by atoms with Crippen LogP contribution in [0.1, 0.15) is 17.7 Å². The maximum atomic E-state index is 11.8. The Morgan fingerprint density at radius 2 is 2.10 bits per heavy atom. The van der Waals surface area contributed by atoms with E-state index < -0.39 is 5.97 Å². The zero-order chi connectivity index (χ0) is 15.1. The van der Waals surface area contributed by atoms with Crippen molar-refractivity contribution in [1.82, 2.24) is 15.3 Å². The Balaban J connectivity index is 1.92. The summed E-state index contributed by atoms with van der Waals surface area (Å²) in [4.78, 5) is 29.2. The smallest absolute Gasteiger partial charge is 0.319 e. The van der Waals surface area contributed by atoms with Gasteiger partial charge in [-0.15, -0.1) is 0 Å². The highest BCUT2D eigenvalue weighted by molar-refractivity contribution is 5.90. The highest BCUT2D eigenvalue weighted by atomic mass is 16.4. The van der Waals surface area contributed by atoms with Gasteiger partial charge in [-0.3, -0.25) is 4.79 Å². The van der Waals surface area contributed by atoms with E-state index in [0.717, 1.165) is 11.3 Å². The number of carboxylic acid groups (broad SMARTS) is 1. The summed E-state index contributed by atoms with van der Waals surface area (Å²) < 4.78 is 0. The second-order valence-corrected chi connectivity index (χ2v) is 4.44. The number of nitrogens with zero attached hydrogens (tertiary/aromatic N) is 1. The summed E-state index contributed by atoms with van der Waals surface area (Å²) in [7, 11) is 0. The average Bonchev–Trinajstić information content (AvgIpc) is 2.97. The predicted octanol–water partition coefficient (Wildman–Crippen LogP) is 1.75. The summed E-state index contributed by atoms with van der Waals surface area (Å²) in [5.41, 5.74) is 2.20. The molecule has 110 valence electrons. The lowest BCUT2D eigenvalue weighted by atomic mass is 10.1. The van der Waals surface area contributed by atoms with Gasteiger partial charge in [0.1, 0.15) is 0 Å². The molecule has 0 atom stereocenters. The van der Waals surface area contributed by atoms with Crippen molar-refractivity contribution >= 4 is 17.7 Å². The zero-order valence-corrected chi connectivity index (χ0v) is 11.3. The minimum atomic E-state index is -0.867. The number of rotatable bonds is 6. The van der Waals surface area contributed by atoms with Crippen molar-refractivity contribution in [3.05, 3.63) is 48.0 Å². The number of benzene rings is 1. The number of aryl methyl sites for hydroxylation is 1. The van der Waals surface area contributed by atoms with Crippen molar-refractivity contribution in [3.8, 4) is 0 Å². The van der Waals surface area contributed by atoms with Gasteiger partial charge in [-0.05, 0) is 18.1 Å². The standard InChI is InChI=1S/C14H16N4O3/c19-13(20)6-5-10-3-1-2-4-12(10)18-14(21)16-8-11-7-15-9-17-11/h1-4,7,9H,5-6,8H2,(H,15,17)(H,19,20)(H2,16,18,21). The van der Waals surface area contributed by atoms with E-state index in [1.54, 1.807) is 24.4 Å². The number of hydrogen-bond acceptors (Lipinski definition) is 3. The summed E-state index contributed by atoms with van der Waals surface area (Å²) in [5.74, 6) is -0.867. The largest absolute Gasteiger partial charge is 0.481 e. The molecule has 7 heteroatoms. The van der Waals surface area contributed by atoms with E-state index in [9.17, 15) is 9.59 Å². The van der Waals surface area contributed by atoms with Crippen LogP contribution in [-0.4, -0.2) is 27.1 Å². The SMILES string of the molecule is O=C(O)CCc1ccccc1NC(=O)NCc1cnc[nH]1. The molecule has 2 amide bonds. The van der Waals surface area contributed by atoms with Crippen LogP contribution < -0.4 is 10.6 Å². The van der Waals surface area contributed by atoms with Gasteiger partial charge in [0.25, 0.3) is 0 Å². The topological polar surface area (TPSA) is 107 Å². The number of H-pyrrole nitrogens is 1. The van der Waals surface area contributed by atoms with Crippen LogP contribution in [0.2, 0.25) is 0 Å². The first-order valence-corrected chi connectivity index (χ1v) is 6.47. The van der Waals surface area contributed by atoms with E-state index in [4.69, 9.17) is 5.11 Å². The Morgan fingerprint density at radius 1 is 1.29 bits per heavy atom. The van der Waals surface area contributed by atoms with Gasteiger partial charge in [-0.2, -0.15) is 0 Å². The fraction of sp³-hybridized carbons (Fsp3) is 0.214. The van der Waals surface area contributed by atoms with Crippen LogP contribution in [0.5, 0.6) is 0 Å². The molecule has 0 saturated carbocycles. The Bertz CT molecular complexity index is 610. The van der Waals surface area contributed by atoms with Crippen LogP contribution in [0.4, 0.5) is 10.5 Å². The molecule has 0 aliphatic carbocycles. The number of amides is 2. The molecule has 0 bridgehead atoms. The Morgan fingerprint density at radius 3 is 2.81 bits per heavy atom. The monoisotopic (exact) mass is 288 g/mol. The van der Waals surface area contributed by atoms with Gasteiger partial charge in [0.05, 0.1) is 18.6 Å². The number of aliphatic carboxylic acids is 1. The van der Waals surface area contributed by atoms with Crippen molar-refractivity contribution in [2.75, 3.05) is 5.32 Å². The maximum absolute atomic E-state index is 11.8. The fourth-order valence-corrected chi connectivity index (χ4v) is 1.83. The molecule has 0 aliphatic rings. The Kier molecular flexibility index (Phi) is 4.92. The van der Waals surface area contributed by atoms with E-state index in [-0.39, 0.29) is 12.5 Å². The van der Waals surface area contributed by atoms with Crippen molar-refractivity contribution < 1.29 is 14.7 Å². The number of aromatic nitrogens is 2. The quantitative estimate of drug-likeness (QED) is 0.649. The molecular formula is C14H16N4O3. The summed E-state index contributed by atoms with van der Waals surface area (Å²) in [5, 5.41) is 14.1. The van der Waals surface area contributed by atoms with E-state index in [1.165, 1.54) is 6.33 Å². The van der Waals surface area contributed by atoms with Gasteiger partial charge < -0.3 is 20.7 Å². The van der Waals surface area contributed by atoms with E-state index in [1.807, 2.05) is 6.07 Å². The van der Waals surface area contributed by atoms with E-state index in [0.29, 0.717) is 18.7 Å². The number of anilines is 1. The number of carboxylic acids is 1. The summed E-state index contributed by atoms with van der Waals surface area (Å²) in [6.07, 6.45) is 3.55. The molecule has 0 radical (unpaired) electrons. The van der Waals surface area contributed by atoms with Crippen molar-refractivity contribution in [2.24, 2.45) is 0 Å². The number of carbonyl (C=O) groups excluding carboxylic acids is 1. The molecule has 0 unspecified atom stereocenters. The minimum Gasteiger partial charge on any atom is -0.481 e. The summed E-state index contributed by atoms with van der Waals surface area (Å²) in [6, 6.07) is 6.78. The molecule has 4 N–H and O–H groups in total. The number of imidazole rings is 1. The van der Waals surface area contributed by atoms with Crippen LogP contribution >= 0.6 is 0 Å². The van der Waals surface area contributed by atoms with Gasteiger partial charge in [0.2, 0.25) is 0 Å². The molecule has 2 rings (SSSR count). The number of hydrogen-bond donors (Lipinski definition) is 4. The zero-order valence-electron chi connectivity index (χ0n) is 11.3. The second kappa shape index (κ2) is 7.09. The number of urea groups is 1. The predicted molar refractivity (Wildman–Crippen MR) is 76.8 cm³/mol. The van der Waals surface area contributed by atoms with Gasteiger partial charge >= 0.3 is 12.0 Å². The first-order valence-electron chi connectivity index (χ1n) is 6.47. The van der Waals surface area contributed by atoms with Crippen molar-refractivity contribution in [2.45, 2.75) is 19.4 Å². The molecule has 1 heterocycles. The molecule has 0 fully saturated rings. The summed E-state index contributed by atoms with van der Waals surface area (Å²) in [6.45, 7) is 0.336. The van der Waals surface area contributed by atoms with Gasteiger partial charge in [-0.25, -0.2) is 9.78 Å². The number of aromatic amines is 1. The van der Waals surface area contributed by atoms with Crippen molar-refractivity contribution in [1.29, 1.82) is 0 Å². The molecule has 0 spiro atoms.